The minimum absolute atomic E-state index is 0.0251. The Hall–Kier alpha value is 0.230. The van der Waals surface area contributed by atoms with Gasteiger partial charge in [0.05, 0.1) is 0 Å². The molecule has 4 N–H and O–H groups in total. The number of hydrogen-bond donors (Lipinski definition) is 4. The van der Waals surface area contributed by atoms with Crippen LogP contribution in [0.5, 0.6) is 0 Å². The Morgan fingerprint density at radius 3 is 2.00 bits per heavy atom. The summed E-state index contributed by atoms with van der Waals surface area (Å²) in [5, 5.41) is 17.1. The Balaban J connectivity index is 3.51. The molecule has 0 spiro atoms. The van der Waals surface area contributed by atoms with Crippen molar-refractivity contribution >= 4 is 7.94 Å². The zero-order chi connectivity index (χ0) is 8.91. The molecule has 0 fully saturated rings. The van der Waals surface area contributed by atoms with Crippen LogP contribution in [-0.2, 0) is 4.52 Å². The first-order valence-corrected chi connectivity index (χ1v) is 5.60. The van der Waals surface area contributed by atoms with E-state index >= 15 is 0 Å². The van der Waals surface area contributed by atoms with E-state index < -0.39 is 13.9 Å². The SMILES string of the molecule is C[PH](O)(O)OCC(CO)CO. The van der Waals surface area contributed by atoms with Crippen molar-refractivity contribution in [3.8, 4) is 0 Å². The van der Waals surface area contributed by atoms with Crippen LogP contribution in [0.25, 0.3) is 0 Å². The van der Waals surface area contributed by atoms with Crippen molar-refractivity contribution in [1.29, 1.82) is 0 Å². The van der Waals surface area contributed by atoms with Crippen molar-refractivity contribution in [1.82, 2.24) is 0 Å². The molecule has 11 heavy (non-hydrogen) atoms. The van der Waals surface area contributed by atoms with E-state index in [9.17, 15) is 0 Å². The Labute approximate surface area is 65.8 Å². The standard InChI is InChI=1S/C5H15O5P/c1-11(8,9)10-4-5(2-6)3-7/h5-9,11H,2-4H2,1H3. The molecular weight excluding hydrogens is 171 g/mol. The van der Waals surface area contributed by atoms with Crippen LogP contribution in [-0.4, -0.2) is 46.5 Å². The first-order valence-electron chi connectivity index (χ1n) is 3.30. The summed E-state index contributed by atoms with van der Waals surface area (Å²) in [5.41, 5.74) is 0. The van der Waals surface area contributed by atoms with Crippen molar-refractivity contribution in [2.45, 2.75) is 0 Å². The van der Waals surface area contributed by atoms with Crippen LogP contribution in [0.4, 0.5) is 0 Å². The van der Waals surface area contributed by atoms with Gasteiger partial charge in [0.1, 0.15) is 0 Å². The normalized spacial score (nSPS) is 14.0. The molecule has 0 aromatic rings. The quantitative estimate of drug-likeness (QED) is 0.401. The van der Waals surface area contributed by atoms with Crippen molar-refractivity contribution < 1.29 is 24.5 Å². The molecular formula is C5H15O5P. The topological polar surface area (TPSA) is 90.2 Å². The maximum absolute atomic E-state index is 8.77. The van der Waals surface area contributed by atoms with Crippen LogP contribution in [0.1, 0.15) is 0 Å². The van der Waals surface area contributed by atoms with Crippen LogP contribution in [0.2, 0.25) is 0 Å². The van der Waals surface area contributed by atoms with Crippen molar-refractivity contribution in [2.24, 2.45) is 5.92 Å². The average molecular weight is 186 g/mol. The van der Waals surface area contributed by atoms with E-state index in [0.29, 0.717) is 0 Å². The van der Waals surface area contributed by atoms with Gasteiger partial charge in [-0.3, -0.25) is 0 Å². The molecule has 0 atom stereocenters. The van der Waals surface area contributed by atoms with Gasteiger partial charge < -0.3 is 0 Å². The van der Waals surface area contributed by atoms with Gasteiger partial charge in [-0.1, -0.05) is 0 Å². The monoisotopic (exact) mass is 186 g/mol. The molecule has 70 valence electrons. The van der Waals surface area contributed by atoms with E-state index in [2.05, 4.69) is 4.52 Å². The van der Waals surface area contributed by atoms with Gasteiger partial charge in [-0.2, -0.15) is 0 Å². The van der Waals surface area contributed by atoms with Gasteiger partial charge in [0.15, 0.2) is 0 Å². The van der Waals surface area contributed by atoms with Crippen molar-refractivity contribution in [3.05, 3.63) is 0 Å². The molecule has 0 rings (SSSR count). The number of aliphatic hydroxyl groups is 2. The van der Waals surface area contributed by atoms with E-state index in [1.165, 1.54) is 6.66 Å². The molecule has 0 amide bonds. The van der Waals surface area contributed by atoms with Crippen LogP contribution in [0.3, 0.4) is 0 Å². The Bertz CT molecular complexity index is 97.5. The predicted molar refractivity (Wildman–Crippen MR) is 42.3 cm³/mol. The van der Waals surface area contributed by atoms with Gasteiger partial charge in [-0.25, -0.2) is 0 Å². The van der Waals surface area contributed by atoms with E-state index in [4.69, 9.17) is 20.0 Å². The summed E-state index contributed by atoms with van der Waals surface area (Å²) in [7, 11) is -3.47. The summed E-state index contributed by atoms with van der Waals surface area (Å²) in [6.45, 7) is 0.726. The second-order valence-electron chi connectivity index (χ2n) is 2.48. The summed E-state index contributed by atoms with van der Waals surface area (Å²) in [6, 6.07) is 0. The van der Waals surface area contributed by atoms with Crippen LogP contribution in [0.15, 0.2) is 0 Å². The third kappa shape index (κ3) is 6.62. The van der Waals surface area contributed by atoms with Gasteiger partial charge in [0.25, 0.3) is 0 Å². The Morgan fingerprint density at radius 2 is 1.73 bits per heavy atom. The van der Waals surface area contributed by atoms with Gasteiger partial charge in [0.2, 0.25) is 0 Å². The second-order valence-corrected chi connectivity index (χ2v) is 4.63. The summed E-state index contributed by atoms with van der Waals surface area (Å²) >= 11 is 0. The van der Waals surface area contributed by atoms with Crippen molar-refractivity contribution in [3.63, 3.8) is 0 Å². The molecule has 0 saturated carbocycles. The molecule has 0 bridgehead atoms. The molecule has 5 nitrogen and oxygen atoms in total. The fourth-order valence-corrected chi connectivity index (χ4v) is 0.990. The van der Waals surface area contributed by atoms with Crippen LogP contribution in [0, 0.1) is 5.92 Å². The summed E-state index contributed by atoms with van der Waals surface area (Å²) in [5.74, 6) is -0.430. The zero-order valence-electron chi connectivity index (χ0n) is 6.40. The van der Waals surface area contributed by atoms with E-state index in [1.54, 1.807) is 0 Å². The summed E-state index contributed by atoms with van der Waals surface area (Å²) in [6.07, 6.45) is 0. The Kier molecular flexibility index (Phi) is 5.08. The second kappa shape index (κ2) is 4.98. The molecule has 0 aliphatic heterocycles. The molecule has 0 radical (unpaired) electrons. The molecule has 0 heterocycles. The number of hydrogen-bond acceptors (Lipinski definition) is 5. The average Bonchev–Trinajstić information content (AvgIpc) is 1.88. The molecule has 0 unspecified atom stereocenters. The molecule has 0 aliphatic rings. The van der Waals surface area contributed by atoms with E-state index in [0.717, 1.165) is 0 Å². The molecule has 0 aromatic heterocycles. The molecule has 0 saturated heterocycles. The number of aliphatic hydroxyl groups excluding tert-OH is 2. The van der Waals surface area contributed by atoms with Crippen LogP contribution < -0.4 is 0 Å². The van der Waals surface area contributed by atoms with Crippen LogP contribution >= 0.6 is 7.94 Å². The van der Waals surface area contributed by atoms with Gasteiger partial charge in [-0.15, -0.1) is 0 Å². The fourth-order valence-electron chi connectivity index (χ4n) is 0.439. The van der Waals surface area contributed by atoms with Gasteiger partial charge in [0, 0.05) is 0 Å². The predicted octanol–water partition coefficient (Wildman–Crippen LogP) is -1.29. The van der Waals surface area contributed by atoms with Crippen molar-refractivity contribution in [2.75, 3.05) is 26.5 Å². The fraction of sp³-hybridized carbons (Fsp3) is 1.00. The Morgan fingerprint density at radius 1 is 1.27 bits per heavy atom. The first kappa shape index (κ1) is 11.2. The third-order valence-corrected chi connectivity index (χ3v) is 1.82. The van der Waals surface area contributed by atoms with E-state index in [-0.39, 0.29) is 19.8 Å². The summed E-state index contributed by atoms with van der Waals surface area (Å²) in [4.78, 5) is 17.5. The first-order chi connectivity index (χ1) is 4.99. The zero-order valence-corrected chi connectivity index (χ0v) is 7.40. The minimum atomic E-state index is -3.47. The van der Waals surface area contributed by atoms with Gasteiger partial charge >= 0.3 is 64.9 Å². The van der Waals surface area contributed by atoms with Gasteiger partial charge in [-0.05, 0) is 0 Å². The summed E-state index contributed by atoms with van der Waals surface area (Å²) < 4.78 is 4.60. The maximum atomic E-state index is 8.77. The molecule has 6 heteroatoms. The molecule has 0 aromatic carbocycles. The number of rotatable bonds is 5. The van der Waals surface area contributed by atoms with E-state index in [1.807, 2.05) is 0 Å². The molecule has 0 aliphatic carbocycles. The third-order valence-electron chi connectivity index (χ3n) is 1.11.